The number of carbonyl (C=O) groups excluding carboxylic acids is 1. The Morgan fingerprint density at radius 3 is 2.71 bits per heavy atom. The first kappa shape index (κ1) is 19.3. The number of aromatic nitrogens is 2. The number of carbonyl (C=O) groups is 1. The van der Waals surface area contributed by atoms with Crippen LogP contribution < -0.4 is 10.2 Å². The molecule has 1 aliphatic carbocycles. The van der Waals surface area contributed by atoms with Gasteiger partial charge in [-0.3, -0.25) is 9.78 Å². The first-order valence-electron chi connectivity index (χ1n) is 10.1. The average molecular weight is 401 g/mol. The topological polar surface area (TPSA) is 67.3 Å². The molecule has 1 N–H and O–H groups in total. The number of nitrogens with one attached hydrogen (secondary N) is 1. The van der Waals surface area contributed by atoms with Gasteiger partial charge < -0.3 is 15.0 Å². The second-order valence-electron chi connectivity index (χ2n) is 7.97. The second kappa shape index (κ2) is 8.17. The zero-order valence-corrected chi connectivity index (χ0v) is 17.6. The molecule has 0 unspecified atom stereocenters. The minimum atomic E-state index is 0.159. The van der Waals surface area contributed by atoms with E-state index < -0.39 is 0 Å². The van der Waals surface area contributed by atoms with Gasteiger partial charge in [0.05, 0.1) is 29.3 Å². The van der Waals surface area contributed by atoms with Crippen molar-refractivity contribution in [1.29, 1.82) is 0 Å². The van der Waals surface area contributed by atoms with E-state index >= 15 is 0 Å². The van der Waals surface area contributed by atoms with Crippen LogP contribution in [0.1, 0.15) is 44.5 Å². The van der Waals surface area contributed by atoms with Crippen molar-refractivity contribution in [2.45, 2.75) is 58.8 Å². The third-order valence-electron chi connectivity index (χ3n) is 5.44. The van der Waals surface area contributed by atoms with Gasteiger partial charge in [-0.25, -0.2) is 4.98 Å². The summed E-state index contributed by atoms with van der Waals surface area (Å²) < 4.78 is 5.87. The summed E-state index contributed by atoms with van der Waals surface area (Å²) in [5, 5.41) is 4.11. The lowest BCUT2D eigenvalue weighted by molar-refractivity contribution is -0.127. The highest BCUT2D eigenvalue weighted by molar-refractivity contribution is 7.19. The maximum absolute atomic E-state index is 12.3. The van der Waals surface area contributed by atoms with Crippen molar-refractivity contribution in [3.05, 3.63) is 29.7 Å². The predicted octanol–water partition coefficient (Wildman–Crippen LogP) is 3.54. The summed E-state index contributed by atoms with van der Waals surface area (Å²) in [5.74, 6) is 0.344. The van der Waals surface area contributed by atoms with Crippen molar-refractivity contribution in [1.82, 2.24) is 15.3 Å². The van der Waals surface area contributed by atoms with Gasteiger partial charge in [-0.2, -0.15) is 0 Å². The fourth-order valence-corrected chi connectivity index (χ4v) is 4.92. The molecule has 2 aliphatic rings. The number of amides is 1. The highest BCUT2D eigenvalue weighted by atomic mass is 32.1. The fourth-order valence-electron chi connectivity index (χ4n) is 3.83. The molecule has 1 amide bonds. The largest absolute Gasteiger partial charge is 0.372 e. The van der Waals surface area contributed by atoms with Gasteiger partial charge in [0.15, 0.2) is 5.13 Å². The van der Waals surface area contributed by atoms with E-state index in [-0.39, 0.29) is 24.0 Å². The quantitative estimate of drug-likeness (QED) is 0.831. The van der Waals surface area contributed by atoms with Crippen molar-refractivity contribution >= 4 is 22.4 Å². The Labute approximate surface area is 170 Å². The third kappa shape index (κ3) is 4.20. The molecular weight excluding hydrogens is 372 g/mol. The van der Waals surface area contributed by atoms with Crippen LogP contribution in [0.5, 0.6) is 0 Å². The highest BCUT2D eigenvalue weighted by Crippen LogP contribution is 2.36. The van der Waals surface area contributed by atoms with Gasteiger partial charge in [0.1, 0.15) is 0 Å². The molecule has 7 heteroatoms. The van der Waals surface area contributed by atoms with Gasteiger partial charge in [-0.15, -0.1) is 0 Å². The minimum absolute atomic E-state index is 0.159. The number of anilines is 1. The number of hydrogen-bond donors (Lipinski definition) is 1. The van der Waals surface area contributed by atoms with Crippen LogP contribution in [0, 0.1) is 12.8 Å². The minimum Gasteiger partial charge on any atom is -0.372 e. The molecule has 0 spiro atoms. The first-order chi connectivity index (χ1) is 13.5. The number of hydrogen-bond acceptors (Lipinski definition) is 6. The van der Waals surface area contributed by atoms with Crippen LogP contribution in [-0.2, 0) is 16.1 Å². The van der Waals surface area contributed by atoms with Gasteiger partial charge in [-0.05, 0) is 51.3 Å². The van der Waals surface area contributed by atoms with E-state index in [2.05, 4.69) is 35.1 Å². The van der Waals surface area contributed by atoms with Gasteiger partial charge in [0, 0.05) is 30.9 Å². The van der Waals surface area contributed by atoms with Gasteiger partial charge >= 0.3 is 0 Å². The van der Waals surface area contributed by atoms with Gasteiger partial charge in [-0.1, -0.05) is 17.8 Å². The molecule has 0 bridgehead atoms. The summed E-state index contributed by atoms with van der Waals surface area (Å²) in [6.45, 7) is 8.33. The monoisotopic (exact) mass is 400 g/mol. The number of aryl methyl sites for hydroxylation is 1. The summed E-state index contributed by atoms with van der Waals surface area (Å²) in [7, 11) is 0. The number of thiazole rings is 1. The Balaban J connectivity index is 1.60. The van der Waals surface area contributed by atoms with Crippen molar-refractivity contribution in [3.63, 3.8) is 0 Å². The predicted molar refractivity (Wildman–Crippen MR) is 111 cm³/mol. The smallest absolute Gasteiger partial charge is 0.223 e. The van der Waals surface area contributed by atoms with E-state index in [0.717, 1.165) is 59.3 Å². The van der Waals surface area contributed by atoms with Gasteiger partial charge in [0.2, 0.25) is 5.91 Å². The molecule has 6 nitrogen and oxygen atoms in total. The Bertz CT molecular complexity index is 839. The zero-order chi connectivity index (χ0) is 19.7. The maximum atomic E-state index is 12.3. The van der Waals surface area contributed by atoms with Crippen molar-refractivity contribution in [3.8, 4) is 10.4 Å². The lowest BCUT2D eigenvalue weighted by Crippen LogP contribution is -2.45. The molecule has 150 valence electrons. The van der Waals surface area contributed by atoms with Crippen molar-refractivity contribution in [2.24, 2.45) is 5.92 Å². The summed E-state index contributed by atoms with van der Waals surface area (Å²) in [6, 6.07) is 4.10. The number of nitrogens with zero attached hydrogens (tertiary/aromatic N) is 3. The van der Waals surface area contributed by atoms with E-state index in [1.165, 1.54) is 0 Å². The molecule has 2 aromatic heterocycles. The maximum Gasteiger partial charge on any atom is 0.223 e. The molecule has 1 saturated carbocycles. The molecule has 2 fully saturated rings. The summed E-state index contributed by atoms with van der Waals surface area (Å²) >= 11 is 1.69. The number of ether oxygens (including phenoxy) is 1. The van der Waals surface area contributed by atoms with Crippen LogP contribution in [0.25, 0.3) is 10.4 Å². The molecule has 28 heavy (non-hydrogen) atoms. The van der Waals surface area contributed by atoms with Crippen molar-refractivity contribution < 1.29 is 9.53 Å². The summed E-state index contributed by atoms with van der Waals surface area (Å²) in [5.41, 5.74) is 3.02. The van der Waals surface area contributed by atoms with E-state index in [0.29, 0.717) is 6.54 Å². The Hall–Kier alpha value is -1.99. The molecule has 0 aromatic carbocycles. The second-order valence-corrected chi connectivity index (χ2v) is 8.94. The molecule has 0 radical (unpaired) electrons. The molecule has 3 heterocycles. The molecule has 1 saturated heterocycles. The Morgan fingerprint density at radius 1 is 1.32 bits per heavy atom. The lowest BCUT2D eigenvalue weighted by Gasteiger charge is -2.35. The molecule has 2 atom stereocenters. The number of pyridine rings is 1. The van der Waals surface area contributed by atoms with Gasteiger partial charge in [0.25, 0.3) is 0 Å². The Kier molecular flexibility index (Phi) is 5.64. The van der Waals surface area contributed by atoms with Crippen LogP contribution in [0.4, 0.5) is 5.13 Å². The van der Waals surface area contributed by atoms with E-state index in [9.17, 15) is 4.79 Å². The third-order valence-corrected chi connectivity index (χ3v) is 6.65. The highest BCUT2D eigenvalue weighted by Gasteiger charge is 2.28. The van der Waals surface area contributed by atoms with Crippen LogP contribution in [-0.4, -0.2) is 41.2 Å². The molecular formula is C21H28N4O2S. The summed E-state index contributed by atoms with van der Waals surface area (Å²) in [4.78, 5) is 25.0. The van der Waals surface area contributed by atoms with E-state index in [1.807, 2.05) is 19.2 Å². The summed E-state index contributed by atoms with van der Waals surface area (Å²) in [6.07, 6.45) is 5.37. The van der Waals surface area contributed by atoms with Crippen LogP contribution in [0.3, 0.4) is 0 Å². The van der Waals surface area contributed by atoms with Crippen LogP contribution in [0.2, 0.25) is 0 Å². The van der Waals surface area contributed by atoms with Crippen LogP contribution in [0.15, 0.2) is 18.3 Å². The Morgan fingerprint density at radius 2 is 2.07 bits per heavy atom. The number of rotatable bonds is 5. The first-order valence-corrected chi connectivity index (χ1v) is 10.9. The normalized spacial score (nSPS) is 22.8. The SMILES string of the molecule is Cc1cc(-c2sc(N3C[C@@H](C)O[C@@H](C)C3)nc2CNC(=O)C2CCC2)ccn1. The molecule has 4 rings (SSSR count). The average Bonchev–Trinajstić information content (AvgIpc) is 3.02. The lowest BCUT2D eigenvalue weighted by atomic mass is 9.85. The molecule has 1 aliphatic heterocycles. The van der Waals surface area contributed by atoms with Crippen molar-refractivity contribution in [2.75, 3.05) is 18.0 Å². The van der Waals surface area contributed by atoms with Crippen LogP contribution >= 0.6 is 11.3 Å². The fraction of sp³-hybridized carbons (Fsp3) is 0.571. The standard InChI is InChI=1S/C21H28N4O2S/c1-13-9-17(7-8-22-13)19-18(10-23-20(26)16-5-4-6-16)24-21(28-19)25-11-14(2)27-15(3)12-25/h7-9,14-16H,4-6,10-12H2,1-3H3,(H,23,26)/t14-,15+. The van der Waals surface area contributed by atoms with E-state index in [4.69, 9.17) is 9.72 Å². The molecule has 2 aromatic rings. The number of morpholine rings is 1. The van der Waals surface area contributed by atoms with E-state index in [1.54, 1.807) is 11.3 Å². The zero-order valence-electron chi connectivity index (χ0n) is 16.8.